The van der Waals surface area contributed by atoms with Crippen LogP contribution < -0.4 is 5.32 Å². The van der Waals surface area contributed by atoms with Crippen LogP contribution in [-0.2, 0) is 17.6 Å². The van der Waals surface area contributed by atoms with Crippen LogP contribution in [0.2, 0.25) is 0 Å². The smallest absolute Gasteiger partial charge is 0.226 e. The molecule has 2 N–H and O–H groups in total. The fourth-order valence-electron chi connectivity index (χ4n) is 2.94. The van der Waals surface area contributed by atoms with E-state index in [4.69, 9.17) is 4.52 Å². The predicted molar refractivity (Wildman–Crippen MR) is 101 cm³/mol. The lowest BCUT2D eigenvalue weighted by Gasteiger charge is -2.04. The van der Waals surface area contributed by atoms with E-state index < -0.39 is 0 Å². The number of para-hydroxylation sites is 1. The Morgan fingerprint density at radius 1 is 1.23 bits per heavy atom. The number of hydrogen-bond donors (Lipinski definition) is 2. The molecule has 0 fully saturated rings. The summed E-state index contributed by atoms with van der Waals surface area (Å²) in [5, 5.41) is 8.15. The van der Waals surface area contributed by atoms with Gasteiger partial charge in [-0.05, 0) is 30.9 Å². The molecule has 3 aromatic rings. The highest BCUT2D eigenvalue weighted by atomic mass is 16.5. The molecule has 0 saturated heterocycles. The third kappa shape index (κ3) is 4.71. The van der Waals surface area contributed by atoms with Crippen molar-refractivity contribution in [3.63, 3.8) is 0 Å². The maximum Gasteiger partial charge on any atom is 0.226 e. The highest BCUT2D eigenvalue weighted by molar-refractivity contribution is 5.83. The molecule has 3 rings (SSSR count). The monoisotopic (exact) mass is 354 g/mol. The molecule has 0 atom stereocenters. The van der Waals surface area contributed by atoms with Gasteiger partial charge in [-0.25, -0.2) is 0 Å². The van der Waals surface area contributed by atoms with Gasteiger partial charge in [-0.2, -0.15) is 4.98 Å². The summed E-state index contributed by atoms with van der Waals surface area (Å²) in [6.07, 6.45) is 5.81. The van der Waals surface area contributed by atoms with E-state index in [1.165, 1.54) is 10.9 Å². The summed E-state index contributed by atoms with van der Waals surface area (Å²) in [6.45, 7) is 4.70. The number of fused-ring (bicyclic) bond motifs is 1. The number of carbonyl (C=O) groups is 1. The normalized spacial score (nSPS) is 11.3. The Morgan fingerprint density at radius 3 is 2.88 bits per heavy atom. The van der Waals surface area contributed by atoms with Crippen molar-refractivity contribution in [1.82, 2.24) is 20.4 Å². The van der Waals surface area contributed by atoms with E-state index in [9.17, 15) is 4.79 Å². The van der Waals surface area contributed by atoms with Gasteiger partial charge in [0.25, 0.3) is 0 Å². The highest BCUT2D eigenvalue weighted by Crippen LogP contribution is 2.19. The lowest BCUT2D eigenvalue weighted by molar-refractivity contribution is -0.121. The zero-order valence-corrected chi connectivity index (χ0v) is 15.4. The molecule has 26 heavy (non-hydrogen) atoms. The first-order valence-corrected chi connectivity index (χ1v) is 9.27. The average Bonchev–Trinajstić information content (AvgIpc) is 3.26. The Balaban J connectivity index is 1.33. The molecule has 0 aliphatic heterocycles. The van der Waals surface area contributed by atoms with E-state index in [2.05, 4.69) is 32.6 Å². The number of amides is 1. The molecule has 0 spiro atoms. The van der Waals surface area contributed by atoms with Crippen LogP contribution in [0.3, 0.4) is 0 Å². The topological polar surface area (TPSA) is 83.8 Å². The second-order valence-electron chi connectivity index (χ2n) is 6.87. The van der Waals surface area contributed by atoms with Gasteiger partial charge in [0, 0.05) is 42.4 Å². The summed E-state index contributed by atoms with van der Waals surface area (Å²) in [4.78, 5) is 19.6. The molecule has 0 bridgehead atoms. The molecule has 138 valence electrons. The standard InChI is InChI=1S/C20H26N4O2/c1-14(2)20-23-19(26-24-20)11-6-12-21-18(25)10-5-7-15-13-22-17-9-4-3-8-16(15)17/h3-4,8-9,13-14,22H,5-7,10-12H2,1-2H3,(H,21,25). The molecule has 1 aromatic carbocycles. The number of nitrogens with zero attached hydrogens (tertiary/aromatic N) is 2. The Kier molecular flexibility index (Phi) is 6.04. The molecule has 2 heterocycles. The van der Waals surface area contributed by atoms with E-state index in [1.807, 2.05) is 32.2 Å². The van der Waals surface area contributed by atoms with E-state index in [0.29, 0.717) is 25.3 Å². The predicted octanol–water partition coefficient (Wildman–Crippen LogP) is 3.75. The summed E-state index contributed by atoms with van der Waals surface area (Å²) in [6, 6.07) is 8.25. The van der Waals surface area contributed by atoms with Crippen LogP contribution in [0.4, 0.5) is 0 Å². The largest absolute Gasteiger partial charge is 0.361 e. The molecule has 6 nitrogen and oxygen atoms in total. The number of rotatable bonds is 9. The zero-order valence-electron chi connectivity index (χ0n) is 15.4. The van der Waals surface area contributed by atoms with Crippen LogP contribution in [0, 0.1) is 0 Å². The zero-order chi connectivity index (χ0) is 18.4. The van der Waals surface area contributed by atoms with Gasteiger partial charge in [0.15, 0.2) is 5.82 Å². The number of aromatic nitrogens is 3. The van der Waals surface area contributed by atoms with Crippen LogP contribution >= 0.6 is 0 Å². The van der Waals surface area contributed by atoms with Crippen molar-refractivity contribution in [3.05, 3.63) is 47.7 Å². The molecule has 0 saturated carbocycles. The van der Waals surface area contributed by atoms with Crippen LogP contribution in [0.25, 0.3) is 10.9 Å². The number of aryl methyl sites for hydroxylation is 2. The third-order valence-corrected chi connectivity index (χ3v) is 4.41. The van der Waals surface area contributed by atoms with Gasteiger partial charge in [0.1, 0.15) is 0 Å². The van der Waals surface area contributed by atoms with Gasteiger partial charge in [0.05, 0.1) is 0 Å². The van der Waals surface area contributed by atoms with E-state index in [-0.39, 0.29) is 11.8 Å². The third-order valence-electron chi connectivity index (χ3n) is 4.41. The fraction of sp³-hybridized carbons (Fsp3) is 0.450. The van der Waals surface area contributed by atoms with Crippen molar-refractivity contribution in [1.29, 1.82) is 0 Å². The van der Waals surface area contributed by atoms with Crippen molar-refractivity contribution in [2.75, 3.05) is 6.54 Å². The molecule has 2 aromatic heterocycles. The van der Waals surface area contributed by atoms with E-state index in [1.54, 1.807) is 0 Å². The Bertz CT molecular complexity index is 850. The van der Waals surface area contributed by atoms with Crippen LogP contribution in [0.5, 0.6) is 0 Å². The Labute approximate surface area is 153 Å². The molecule has 1 amide bonds. The number of hydrogen-bond acceptors (Lipinski definition) is 4. The van der Waals surface area contributed by atoms with Crippen LogP contribution in [0.15, 0.2) is 35.0 Å². The molecular weight excluding hydrogens is 328 g/mol. The number of carbonyl (C=O) groups excluding carboxylic acids is 1. The SMILES string of the molecule is CC(C)c1noc(CCCNC(=O)CCCc2c[nH]c3ccccc23)n1. The maximum absolute atomic E-state index is 12.0. The van der Waals surface area contributed by atoms with Crippen molar-refractivity contribution >= 4 is 16.8 Å². The van der Waals surface area contributed by atoms with Crippen molar-refractivity contribution < 1.29 is 9.32 Å². The minimum absolute atomic E-state index is 0.0956. The van der Waals surface area contributed by atoms with Crippen molar-refractivity contribution in [3.8, 4) is 0 Å². The van der Waals surface area contributed by atoms with Gasteiger partial charge in [-0.1, -0.05) is 37.2 Å². The van der Waals surface area contributed by atoms with Crippen molar-refractivity contribution in [2.24, 2.45) is 0 Å². The van der Waals surface area contributed by atoms with Gasteiger partial charge in [-0.3, -0.25) is 4.79 Å². The van der Waals surface area contributed by atoms with Crippen molar-refractivity contribution in [2.45, 2.75) is 51.9 Å². The Hall–Kier alpha value is -2.63. The molecular formula is C20H26N4O2. The molecule has 0 aliphatic carbocycles. The van der Waals surface area contributed by atoms with E-state index in [0.717, 1.165) is 30.6 Å². The first-order chi connectivity index (χ1) is 12.6. The summed E-state index contributed by atoms with van der Waals surface area (Å²) >= 11 is 0. The fourth-order valence-corrected chi connectivity index (χ4v) is 2.94. The first kappa shape index (κ1) is 18.2. The lowest BCUT2D eigenvalue weighted by Crippen LogP contribution is -2.24. The molecule has 0 radical (unpaired) electrons. The van der Waals surface area contributed by atoms with Gasteiger partial charge in [-0.15, -0.1) is 0 Å². The number of nitrogens with one attached hydrogen (secondary N) is 2. The van der Waals surface area contributed by atoms with Gasteiger partial charge >= 0.3 is 0 Å². The molecule has 0 aliphatic rings. The van der Waals surface area contributed by atoms with Crippen LogP contribution in [0.1, 0.15) is 56.3 Å². The number of H-pyrrole nitrogens is 1. The number of aromatic amines is 1. The summed E-state index contributed by atoms with van der Waals surface area (Å²) < 4.78 is 5.20. The second-order valence-corrected chi connectivity index (χ2v) is 6.87. The summed E-state index contributed by atoms with van der Waals surface area (Å²) in [5.41, 5.74) is 2.42. The van der Waals surface area contributed by atoms with Gasteiger partial charge < -0.3 is 14.8 Å². The van der Waals surface area contributed by atoms with Crippen LogP contribution in [-0.4, -0.2) is 27.6 Å². The quantitative estimate of drug-likeness (QED) is 0.573. The van der Waals surface area contributed by atoms with Gasteiger partial charge in [0.2, 0.25) is 11.8 Å². The Morgan fingerprint density at radius 2 is 2.08 bits per heavy atom. The second kappa shape index (κ2) is 8.65. The maximum atomic E-state index is 12.0. The highest BCUT2D eigenvalue weighted by Gasteiger charge is 2.09. The first-order valence-electron chi connectivity index (χ1n) is 9.27. The van der Waals surface area contributed by atoms with E-state index >= 15 is 0 Å². The minimum Gasteiger partial charge on any atom is -0.361 e. The molecule has 6 heteroatoms. The number of benzene rings is 1. The summed E-state index contributed by atoms with van der Waals surface area (Å²) in [5.74, 6) is 1.74. The molecule has 0 unspecified atom stereocenters. The summed E-state index contributed by atoms with van der Waals surface area (Å²) in [7, 11) is 0. The average molecular weight is 354 g/mol. The minimum atomic E-state index is 0.0956. The lowest BCUT2D eigenvalue weighted by atomic mass is 10.1.